The molecule has 112 valence electrons. The van der Waals surface area contributed by atoms with Gasteiger partial charge >= 0.3 is 127 Å². The summed E-state index contributed by atoms with van der Waals surface area (Å²) in [6.45, 7) is 7.83. The molecule has 1 amide bonds. The van der Waals surface area contributed by atoms with Gasteiger partial charge in [-0.2, -0.15) is 0 Å². The third kappa shape index (κ3) is 5.40. The van der Waals surface area contributed by atoms with Crippen LogP contribution in [0.25, 0.3) is 0 Å². The van der Waals surface area contributed by atoms with Crippen molar-refractivity contribution in [2.24, 2.45) is 0 Å². The van der Waals surface area contributed by atoms with Crippen LogP contribution in [-0.2, 0) is 0 Å². The van der Waals surface area contributed by atoms with Crippen molar-refractivity contribution < 1.29 is 4.79 Å². The molecule has 0 aliphatic carbocycles. The van der Waals surface area contributed by atoms with E-state index in [4.69, 9.17) is 0 Å². The summed E-state index contributed by atoms with van der Waals surface area (Å²) in [5.41, 5.74) is 0.517. The van der Waals surface area contributed by atoms with Crippen molar-refractivity contribution in [2.45, 2.75) is 28.7 Å². The maximum atomic E-state index is 12.0. The van der Waals surface area contributed by atoms with Gasteiger partial charge in [0.15, 0.2) is 0 Å². The van der Waals surface area contributed by atoms with Crippen molar-refractivity contribution in [1.29, 1.82) is 0 Å². The second-order valence-corrected chi connectivity index (χ2v) is 20.5. The molecule has 0 aliphatic rings. The standard InChI is InChI=1S/C12H18N3O.3CH3.Sn/c1-3-15(4-2)10-9-14-12(16)11-7-5-6-8-13-11;;;;/h5,7-8H,3-4,9-10H2,1-2H3,(H,14,16);3*1H3;. The Morgan fingerprint density at radius 3 is 2.35 bits per heavy atom. The first kappa shape index (κ1) is 17.4. The van der Waals surface area contributed by atoms with Gasteiger partial charge in [-0.05, 0) is 0 Å². The van der Waals surface area contributed by atoms with E-state index in [1.54, 1.807) is 0 Å². The van der Waals surface area contributed by atoms with Crippen LogP contribution in [0.2, 0.25) is 14.8 Å². The van der Waals surface area contributed by atoms with Gasteiger partial charge in [0.2, 0.25) is 0 Å². The van der Waals surface area contributed by atoms with E-state index in [1.165, 1.54) is 3.58 Å². The van der Waals surface area contributed by atoms with E-state index in [0.29, 0.717) is 12.2 Å². The van der Waals surface area contributed by atoms with Gasteiger partial charge in [0.25, 0.3) is 0 Å². The second kappa shape index (κ2) is 7.98. The summed E-state index contributed by atoms with van der Waals surface area (Å²) < 4.78 is 1.35. The molecular weight excluding hydrogens is 357 g/mol. The Labute approximate surface area is 126 Å². The Kier molecular flexibility index (Phi) is 6.95. The average Bonchev–Trinajstić information content (AvgIpc) is 2.42. The van der Waals surface area contributed by atoms with Crippen LogP contribution in [0, 0.1) is 0 Å². The number of aromatic nitrogens is 1. The third-order valence-corrected chi connectivity index (χ3v) is 9.26. The summed E-state index contributed by atoms with van der Waals surface area (Å²) in [4.78, 5) is 25.6. The number of rotatable bonds is 7. The molecule has 5 heteroatoms. The number of hydrogen-bond acceptors (Lipinski definition) is 3. The molecule has 1 N–H and O–H groups in total. The number of hydrogen-bond donors (Lipinski definition) is 1. The minimum atomic E-state index is -2.06. The molecule has 0 aliphatic heterocycles. The van der Waals surface area contributed by atoms with Crippen LogP contribution in [0.15, 0.2) is 18.3 Å². The molecule has 0 fully saturated rings. The Hall–Kier alpha value is -0.621. The molecule has 0 radical (unpaired) electrons. The van der Waals surface area contributed by atoms with Crippen molar-refractivity contribution in [1.82, 2.24) is 15.2 Å². The number of nitrogens with zero attached hydrogens (tertiary/aromatic N) is 2. The summed E-state index contributed by atoms with van der Waals surface area (Å²) in [6, 6.07) is 3.92. The Bertz CT molecular complexity index is 422. The molecule has 0 saturated heterocycles. The minimum absolute atomic E-state index is 0.0761. The molecular formula is C15H27N3OSn. The van der Waals surface area contributed by atoms with Crippen molar-refractivity contribution in [3.05, 3.63) is 24.0 Å². The molecule has 0 aromatic carbocycles. The fourth-order valence-corrected chi connectivity index (χ4v) is 4.88. The van der Waals surface area contributed by atoms with Crippen LogP contribution in [0.4, 0.5) is 0 Å². The predicted octanol–water partition coefficient (Wildman–Crippen LogP) is 1.70. The summed E-state index contributed by atoms with van der Waals surface area (Å²) in [5.74, 6) is -0.0761. The normalized spacial score (nSPS) is 11.7. The third-order valence-electron chi connectivity index (χ3n) is 3.47. The van der Waals surface area contributed by atoms with Crippen molar-refractivity contribution in [3.63, 3.8) is 0 Å². The summed E-state index contributed by atoms with van der Waals surface area (Å²) in [6.07, 6.45) is 1.88. The van der Waals surface area contributed by atoms with Gasteiger partial charge in [-0.1, -0.05) is 0 Å². The maximum absolute atomic E-state index is 12.0. The van der Waals surface area contributed by atoms with Crippen LogP contribution in [0.1, 0.15) is 24.3 Å². The molecule has 4 nitrogen and oxygen atoms in total. The van der Waals surface area contributed by atoms with Gasteiger partial charge in [0.05, 0.1) is 0 Å². The SMILES string of the molecule is CCN(CC)CCNC(=O)c1cc[c]([Sn]([CH3])([CH3])[CH3])cn1. The topological polar surface area (TPSA) is 45.2 Å². The first-order chi connectivity index (χ1) is 9.38. The fraction of sp³-hybridized carbons (Fsp3) is 0.600. The van der Waals surface area contributed by atoms with Gasteiger partial charge in [-0.25, -0.2) is 0 Å². The monoisotopic (exact) mass is 385 g/mol. The Morgan fingerprint density at radius 1 is 1.25 bits per heavy atom. The van der Waals surface area contributed by atoms with E-state index < -0.39 is 18.4 Å². The molecule has 1 rings (SSSR count). The summed E-state index contributed by atoms with van der Waals surface area (Å²) >= 11 is -2.06. The van der Waals surface area contributed by atoms with Gasteiger partial charge < -0.3 is 0 Å². The number of carbonyl (C=O) groups excluding carboxylic acids is 1. The molecule has 0 bridgehead atoms. The van der Waals surface area contributed by atoms with Crippen LogP contribution in [0.5, 0.6) is 0 Å². The summed E-state index contributed by atoms with van der Waals surface area (Å²) in [5, 5.41) is 2.93. The van der Waals surface area contributed by atoms with E-state index >= 15 is 0 Å². The van der Waals surface area contributed by atoms with E-state index in [0.717, 1.165) is 19.6 Å². The second-order valence-electron chi connectivity index (χ2n) is 5.96. The molecule has 1 heterocycles. The number of nitrogens with one attached hydrogen (secondary N) is 1. The molecule has 1 aromatic heterocycles. The Balaban J connectivity index is 2.52. The van der Waals surface area contributed by atoms with E-state index in [2.05, 4.69) is 49.9 Å². The van der Waals surface area contributed by atoms with Crippen molar-refractivity contribution in [2.75, 3.05) is 26.2 Å². The zero-order valence-corrected chi connectivity index (χ0v) is 16.2. The number of likely N-dealkylation sites (N-methyl/N-ethyl adjacent to an activating group) is 1. The van der Waals surface area contributed by atoms with Crippen LogP contribution in [-0.4, -0.2) is 60.3 Å². The van der Waals surface area contributed by atoms with Gasteiger partial charge in [-0.3, -0.25) is 0 Å². The van der Waals surface area contributed by atoms with Gasteiger partial charge in [0, 0.05) is 0 Å². The zero-order chi connectivity index (χ0) is 15.2. The quantitative estimate of drug-likeness (QED) is 0.729. The van der Waals surface area contributed by atoms with Gasteiger partial charge in [0.1, 0.15) is 0 Å². The van der Waals surface area contributed by atoms with Crippen LogP contribution in [0.3, 0.4) is 0 Å². The van der Waals surface area contributed by atoms with E-state index in [1.807, 2.05) is 12.3 Å². The fourth-order valence-electron chi connectivity index (χ4n) is 1.93. The molecule has 0 spiro atoms. The van der Waals surface area contributed by atoms with Crippen LogP contribution < -0.4 is 8.90 Å². The van der Waals surface area contributed by atoms with E-state index in [9.17, 15) is 4.79 Å². The molecule has 1 aromatic rings. The zero-order valence-electron chi connectivity index (χ0n) is 13.4. The van der Waals surface area contributed by atoms with Gasteiger partial charge in [-0.15, -0.1) is 0 Å². The predicted molar refractivity (Wildman–Crippen MR) is 87.3 cm³/mol. The Morgan fingerprint density at radius 2 is 1.90 bits per heavy atom. The number of pyridine rings is 1. The molecule has 20 heavy (non-hydrogen) atoms. The summed E-state index contributed by atoms with van der Waals surface area (Å²) in [7, 11) is 0. The first-order valence-corrected chi connectivity index (χ1v) is 17.3. The molecule has 0 saturated carbocycles. The number of carbonyl (C=O) groups is 1. The first-order valence-electron chi connectivity index (χ1n) is 7.35. The molecule has 0 unspecified atom stereocenters. The van der Waals surface area contributed by atoms with Crippen LogP contribution >= 0.6 is 0 Å². The average molecular weight is 384 g/mol. The van der Waals surface area contributed by atoms with E-state index in [-0.39, 0.29) is 5.91 Å². The number of amides is 1. The van der Waals surface area contributed by atoms with Crippen molar-refractivity contribution in [3.8, 4) is 0 Å². The van der Waals surface area contributed by atoms with Crippen molar-refractivity contribution >= 4 is 27.9 Å². The molecule has 0 atom stereocenters.